The molecule has 104 valence electrons. The molecule has 2 amide bonds. The molecule has 0 fully saturated rings. The van der Waals surface area contributed by atoms with Crippen molar-refractivity contribution in [1.29, 1.82) is 0 Å². The largest absolute Gasteiger partial charge is 0.345 e. The molecule has 19 heavy (non-hydrogen) atoms. The maximum Gasteiger partial charge on any atom is 0.309 e. The highest BCUT2D eigenvalue weighted by atomic mass is 16.2. The fourth-order valence-electron chi connectivity index (χ4n) is 1.55. The normalized spacial score (nSPS) is 11.7. The van der Waals surface area contributed by atoms with Gasteiger partial charge in [-0.15, -0.1) is 0 Å². The van der Waals surface area contributed by atoms with Crippen molar-refractivity contribution in [3.63, 3.8) is 0 Å². The van der Waals surface area contributed by atoms with Gasteiger partial charge < -0.3 is 10.6 Å². The first-order valence-corrected chi connectivity index (χ1v) is 6.73. The van der Waals surface area contributed by atoms with Crippen molar-refractivity contribution in [1.82, 2.24) is 10.6 Å². The second-order valence-electron chi connectivity index (χ2n) is 4.64. The minimum absolute atomic E-state index is 0.0158. The van der Waals surface area contributed by atoms with Gasteiger partial charge in [0.25, 0.3) is 0 Å². The van der Waals surface area contributed by atoms with Gasteiger partial charge in [-0.2, -0.15) is 0 Å². The van der Waals surface area contributed by atoms with Crippen molar-refractivity contribution in [3.05, 3.63) is 35.4 Å². The molecular formula is C15H22N2O2. The van der Waals surface area contributed by atoms with Crippen LogP contribution in [0.25, 0.3) is 0 Å². The molecule has 0 radical (unpaired) electrons. The van der Waals surface area contributed by atoms with Crippen LogP contribution in [0.15, 0.2) is 24.3 Å². The molecule has 4 heteroatoms. The van der Waals surface area contributed by atoms with Gasteiger partial charge in [0.1, 0.15) is 0 Å². The monoisotopic (exact) mass is 262 g/mol. The van der Waals surface area contributed by atoms with E-state index in [2.05, 4.69) is 17.6 Å². The third-order valence-electron chi connectivity index (χ3n) is 3.08. The smallest absolute Gasteiger partial charge is 0.309 e. The van der Waals surface area contributed by atoms with Gasteiger partial charge >= 0.3 is 11.8 Å². The third kappa shape index (κ3) is 5.12. The molecule has 0 aliphatic carbocycles. The summed E-state index contributed by atoms with van der Waals surface area (Å²) in [6.07, 6.45) is 1.79. The number of hydrogen-bond acceptors (Lipinski definition) is 2. The summed E-state index contributed by atoms with van der Waals surface area (Å²) in [5.41, 5.74) is 2.24. The zero-order chi connectivity index (χ0) is 14.3. The van der Waals surface area contributed by atoms with Crippen LogP contribution in [0.4, 0.5) is 0 Å². The summed E-state index contributed by atoms with van der Waals surface area (Å²) in [5.74, 6) is -1.15. The van der Waals surface area contributed by atoms with E-state index in [1.54, 1.807) is 0 Å². The van der Waals surface area contributed by atoms with E-state index in [0.717, 1.165) is 18.4 Å². The van der Waals surface area contributed by atoms with Crippen LogP contribution in [0.2, 0.25) is 0 Å². The summed E-state index contributed by atoms with van der Waals surface area (Å²) in [6.45, 7) is 6.29. The van der Waals surface area contributed by atoms with E-state index < -0.39 is 11.8 Å². The molecule has 4 nitrogen and oxygen atoms in total. The summed E-state index contributed by atoms with van der Waals surface area (Å²) in [7, 11) is 0. The Hall–Kier alpha value is -1.84. The van der Waals surface area contributed by atoms with Gasteiger partial charge in [-0.1, -0.05) is 38.1 Å². The topological polar surface area (TPSA) is 58.2 Å². The number of aryl methyl sites for hydroxylation is 1. The molecule has 0 unspecified atom stereocenters. The summed E-state index contributed by atoms with van der Waals surface area (Å²) >= 11 is 0. The van der Waals surface area contributed by atoms with Crippen molar-refractivity contribution in [2.24, 2.45) is 0 Å². The van der Waals surface area contributed by atoms with Gasteiger partial charge in [0, 0.05) is 12.6 Å². The molecule has 1 aromatic carbocycles. The van der Waals surface area contributed by atoms with E-state index in [-0.39, 0.29) is 6.04 Å². The molecule has 1 rings (SSSR count). The van der Waals surface area contributed by atoms with Crippen molar-refractivity contribution in [3.8, 4) is 0 Å². The summed E-state index contributed by atoms with van der Waals surface area (Å²) < 4.78 is 0. The molecule has 0 aliphatic rings. The van der Waals surface area contributed by atoms with E-state index in [9.17, 15) is 9.59 Å². The first-order valence-electron chi connectivity index (χ1n) is 6.73. The fourth-order valence-corrected chi connectivity index (χ4v) is 1.55. The Bertz CT molecular complexity index is 426. The highest BCUT2D eigenvalue weighted by molar-refractivity contribution is 6.35. The zero-order valence-corrected chi connectivity index (χ0v) is 11.8. The first kappa shape index (κ1) is 15.2. The van der Waals surface area contributed by atoms with E-state index in [4.69, 9.17) is 0 Å². The Morgan fingerprint density at radius 1 is 1.05 bits per heavy atom. The molecule has 0 heterocycles. The average molecular weight is 262 g/mol. The minimum Gasteiger partial charge on any atom is -0.345 e. The van der Waals surface area contributed by atoms with Crippen molar-refractivity contribution < 1.29 is 9.59 Å². The van der Waals surface area contributed by atoms with Crippen molar-refractivity contribution in [2.75, 3.05) is 0 Å². The van der Waals surface area contributed by atoms with Crippen LogP contribution in [-0.4, -0.2) is 17.9 Å². The minimum atomic E-state index is -0.583. The number of hydrogen-bond donors (Lipinski definition) is 2. The summed E-state index contributed by atoms with van der Waals surface area (Å²) in [4.78, 5) is 23.1. The van der Waals surface area contributed by atoms with Crippen LogP contribution in [-0.2, 0) is 22.6 Å². The highest BCUT2D eigenvalue weighted by Gasteiger charge is 2.14. The Balaban J connectivity index is 2.42. The summed E-state index contributed by atoms with van der Waals surface area (Å²) in [5, 5.41) is 5.25. The standard InChI is InChI=1S/C15H22N2O2/c1-4-11(3)17-15(19)14(18)16-10-13-8-6-12(5-2)7-9-13/h6-9,11H,4-5,10H2,1-3H3,(H,16,18)(H,17,19)/t11-/m0/s1. The van der Waals surface area contributed by atoms with Gasteiger partial charge in [0.05, 0.1) is 0 Å². The van der Waals surface area contributed by atoms with Gasteiger partial charge in [0.15, 0.2) is 0 Å². The van der Waals surface area contributed by atoms with E-state index in [0.29, 0.717) is 6.54 Å². The molecule has 0 spiro atoms. The second-order valence-corrected chi connectivity index (χ2v) is 4.64. The number of rotatable bonds is 5. The maximum atomic E-state index is 11.6. The Kier molecular flexibility index (Phi) is 6.06. The summed E-state index contributed by atoms with van der Waals surface area (Å²) in [6, 6.07) is 8.00. The first-order chi connectivity index (χ1) is 9.06. The molecule has 0 saturated heterocycles. The Morgan fingerprint density at radius 2 is 1.63 bits per heavy atom. The molecule has 1 aromatic rings. The van der Waals surface area contributed by atoms with E-state index in [1.807, 2.05) is 38.1 Å². The van der Waals surface area contributed by atoms with Crippen molar-refractivity contribution >= 4 is 11.8 Å². The van der Waals surface area contributed by atoms with E-state index >= 15 is 0 Å². The average Bonchev–Trinajstić information content (AvgIpc) is 2.44. The van der Waals surface area contributed by atoms with E-state index in [1.165, 1.54) is 5.56 Å². The molecule has 0 bridgehead atoms. The molecule has 2 N–H and O–H groups in total. The van der Waals surface area contributed by atoms with Crippen LogP contribution in [0.5, 0.6) is 0 Å². The van der Waals surface area contributed by atoms with Crippen LogP contribution in [0.1, 0.15) is 38.3 Å². The lowest BCUT2D eigenvalue weighted by molar-refractivity contribution is -0.139. The quantitative estimate of drug-likeness (QED) is 0.795. The van der Waals surface area contributed by atoms with Crippen LogP contribution in [0.3, 0.4) is 0 Å². The molecular weight excluding hydrogens is 240 g/mol. The molecule has 0 saturated carbocycles. The number of benzene rings is 1. The number of amides is 2. The van der Waals surface area contributed by atoms with Crippen LogP contribution in [0, 0.1) is 0 Å². The number of carbonyl (C=O) groups excluding carboxylic acids is 2. The molecule has 0 aliphatic heterocycles. The SMILES string of the molecule is CCc1ccc(CNC(=O)C(=O)N[C@@H](C)CC)cc1. The van der Waals surface area contributed by atoms with Gasteiger partial charge in [-0.05, 0) is 30.9 Å². The van der Waals surface area contributed by atoms with Gasteiger partial charge in [-0.25, -0.2) is 0 Å². The van der Waals surface area contributed by atoms with Crippen LogP contribution < -0.4 is 10.6 Å². The lowest BCUT2D eigenvalue weighted by atomic mass is 10.1. The lowest BCUT2D eigenvalue weighted by Crippen LogP contribution is -2.43. The zero-order valence-electron chi connectivity index (χ0n) is 11.8. The third-order valence-corrected chi connectivity index (χ3v) is 3.08. The number of carbonyl (C=O) groups is 2. The Morgan fingerprint density at radius 3 is 2.16 bits per heavy atom. The molecule has 0 aromatic heterocycles. The maximum absolute atomic E-state index is 11.6. The lowest BCUT2D eigenvalue weighted by Gasteiger charge is -2.11. The van der Waals surface area contributed by atoms with Crippen molar-refractivity contribution in [2.45, 2.75) is 46.2 Å². The predicted molar refractivity (Wildman–Crippen MR) is 75.6 cm³/mol. The van der Waals surface area contributed by atoms with Gasteiger partial charge in [-0.3, -0.25) is 9.59 Å². The Labute approximate surface area is 114 Å². The van der Waals surface area contributed by atoms with Crippen LogP contribution >= 0.6 is 0 Å². The second kappa shape index (κ2) is 7.56. The fraction of sp³-hybridized carbons (Fsp3) is 0.467. The molecule has 1 atom stereocenters. The number of nitrogens with one attached hydrogen (secondary N) is 2. The van der Waals surface area contributed by atoms with Gasteiger partial charge in [0.2, 0.25) is 0 Å². The predicted octanol–water partition coefficient (Wildman–Crippen LogP) is 1.78. The highest BCUT2D eigenvalue weighted by Crippen LogP contribution is 2.04.